The van der Waals surface area contributed by atoms with Gasteiger partial charge in [-0.1, -0.05) is 25.1 Å². The van der Waals surface area contributed by atoms with Crippen LogP contribution in [0.1, 0.15) is 13.8 Å². The van der Waals surface area contributed by atoms with Crippen LogP contribution < -0.4 is 0 Å². The van der Waals surface area contributed by atoms with Gasteiger partial charge >= 0.3 is 0 Å². The average molecular weight is 155 g/mol. The average Bonchev–Trinajstić information content (AvgIpc) is 1.21. The van der Waals surface area contributed by atoms with Crippen LogP contribution in [0.5, 0.6) is 0 Å². The first-order valence-corrected chi connectivity index (χ1v) is 5.92. The van der Waals surface area contributed by atoms with Gasteiger partial charge in [0, 0.05) is 12.8 Å². The van der Waals surface area contributed by atoms with E-state index >= 15 is 0 Å². The highest BCUT2D eigenvalue weighted by molar-refractivity contribution is 7.88. The molecule has 8 heavy (non-hydrogen) atoms. The summed E-state index contributed by atoms with van der Waals surface area (Å²) < 4.78 is 10.8. The van der Waals surface area contributed by atoms with E-state index in [4.69, 9.17) is 11.2 Å². The van der Waals surface area contributed by atoms with E-state index in [9.17, 15) is 4.57 Å². The molecule has 0 aliphatic carbocycles. The molecule has 0 saturated carbocycles. The molecule has 0 saturated heterocycles. The zero-order valence-corrected chi connectivity index (χ0v) is 7.17. The largest absolute Gasteiger partial charge is 0.307 e. The second-order valence-corrected chi connectivity index (χ2v) is 7.04. The van der Waals surface area contributed by atoms with E-state index in [0.717, 1.165) is 0 Å². The highest BCUT2D eigenvalue weighted by Gasteiger charge is 2.11. The summed E-state index contributed by atoms with van der Waals surface area (Å²) in [4.78, 5) is 0. The smallest absolute Gasteiger partial charge is 0.166 e. The Morgan fingerprint density at radius 2 is 2.00 bits per heavy atom. The highest BCUT2D eigenvalue weighted by atomic mass is 35.7. The van der Waals surface area contributed by atoms with Gasteiger partial charge in [-0.15, -0.1) is 0 Å². The number of hydrogen-bond acceptors (Lipinski definition) is 1. The van der Waals surface area contributed by atoms with Gasteiger partial charge in [0.1, 0.15) is 0 Å². The summed E-state index contributed by atoms with van der Waals surface area (Å²) >= 11 is 5.48. The van der Waals surface area contributed by atoms with Crippen molar-refractivity contribution in [1.82, 2.24) is 0 Å². The van der Waals surface area contributed by atoms with Crippen LogP contribution in [0.25, 0.3) is 0 Å². The lowest BCUT2D eigenvalue weighted by Crippen LogP contribution is -1.91. The molecule has 0 rings (SSSR count). The maximum Gasteiger partial charge on any atom is 0.166 e. The Morgan fingerprint density at radius 3 is 2.00 bits per heavy atom. The molecule has 1 unspecified atom stereocenters. The van der Waals surface area contributed by atoms with Crippen LogP contribution >= 0.6 is 17.7 Å². The predicted octanol–water partition coefficient (Wildman–Crippen LogP) is 2.79. The van der Waals surface area contributed by atoms with Crippen LogP contribution in [-0.2, 0) is 4.57 Å². The quantitative estimate of drug-likeness (QED) is 0.559. The molecule has 0 radical (unpaired) electrons. The highest BCUT2D eigenvalue weighted by Crippen LogP contribution is 2.48. The first-order valence-electron chi connectivity index (χ1n) is 2.68. The molecule has 0 aliphatic heterocycles. The minimum absolute atomic E-state index is 0.448. The summed E-state index contributed by atoms with van der Waals surface area (Å²) in [7, 11) is 0. The summed E-state index contributed by atoms with van der Waals surface area (Å²) in [6.45, 7) is 3.38. The maximum absolute atomic E-state index is 10.8. The molecule has 0 aliphatic rings. The van der Waals surface area contributed by atoms with E-state index in [1.165, 1.54) is 0 Å². The van der Waals surface area contributed by atoms with Crippen LogP contribution in [0.2, 0.25) is 0 Å². The Morgan fingerprint density at radius 1 is 1.62 bits per heavy atom. The summed E-state index contributed by atoms with van der Waals surface area (Å²) in [6, 6.07) is 0. The minimum Gasteiger partial charge on any atom is -0.307 e. The molecule has 0 bridgehead atoms. The fraction of sp³-hybridized carbons (Fsp3) is 1.00. The second-order valence-electron chi connectivity index (χ2n) is 2.56. The van der Waals surface area contributed by atoms with Gasteiger partial charge in [-0.2, -0.15) is 0 Å². The van der Waals surface area contributed by atoms with Crippen LogP contribution in [0.3, 0.4) is 0 Å². The van der Waals surface area contributed by atoms with Crippen molar-refractivity contribution in [2.45, 2.75) is 13.8 Å². The van der Waals surface area contributed by atoms with Gasteiger partial charge in [0.05, 0.1) is 0 Å². The third kappa shape index (κ3) is 6.52. The molecule has 1 nitrogen and oxygen atoms in total. The van der Waals surface area contributed by atoms with Gasteiger partial charge < -0.3 is 4.57 Å². The Balaban J connectivity index is 3.56. The van der Waals surface area contributed by atoms with Crippen molar-refractivity contribution >= 4 is 17.7 Å². The third-order valence-electron chi connectivity index (χ3n) is 0.691. The van der Waals surface area contributed by atoms with Crippen molar-refractivity contribution in [1.29, 1.82) is 0 Å². The van der Waals surface area contributed by atoms with Gasteiger partial charge in [0.2, 0.25) is 0 Å². The van der Waals surface area contributed by atoms with Crippen molar-refractivity contribution in [3.05, 3.63) is 0 Å². The molecule has 0 fully saturated rings. The topological polar surface area (TPSA) is 17.1 Å². The summed E-state index contributed by atoms with van der Waals surface area (Å²) in [6.07, 6.45) is 0.647. The summed E-state index contributed by atoms with van der Waals surface area (Å²) in [5.74, 6) is 0.448. The van der Waals surface area contributed by atoms with Crippen molar-refractivity contribution in [2.75, 3.05) is 12.8 Å². The van der Waals surface area contributed by atoms with Crippen LogP contribution in [0, 0.1) is 5.92 Å². The second kappa shape index (κ2) is 2.89. The van der Waals surface area contributed by atoms with Gasteiger partial charge in [-0.25, -0.2) is 0 Å². The Bertz CT molecular complexity index is 105. The van der Waals surface area contributed by atoms with Gasteiger partial charge in [-0.3, -0.25) is 0 Å². The standard InChI is InChI=1S/C5H12ClOP/c1-5(2)4-8(3,6)7/h5H,4H2,1-3H3. The van der Waals surface area contributed by atoms with Crippen LogP contribution in [0.4, 0.5) is 0 Å². The van der Waals surface area contributed by atoms with E-state index in [2.05, 4.69) is 0 Å². The minimum atomic E-state index is -2.25. The van der Waals surface area contributed by atoms with E-state index in [0.29, 0.717) is 12.1 Å². The molecule has 3 heteroatoms. The molecule has 1 atom stereocenters. The molecular weight excluding hydrogens is 142 g/mol. The Labute approximate surface area is 55.6 Å². The van der Waals surface area contributed by atoms with Crippen molar-refractivity contribution in [3.63, 3.8) is 0 Å². The first kappa shape index (κ1) is 8.52. The Hall–Kier alpha value is 0.520. The summed E-state index contributed by atoms with van der Waals surface area (Å²) in [5.41, 5.74) is 0. The predicted molar refractivity (Wildman–Crippen MR) is 39.1 cm³/mol. The fourth-order valence-electron chi connectivity index (χ4n) is 0.652. The number of hydrogen-bond donors (Lipinski definition) is 0. The lowest BCUT2D eigenvalue weighted by Gasteiger charge is -2.05. The van der Waals surface area contributed by atoms with Crippen LogP contribution in [0.15, 0.2) is 0 Å². The van der Waals surface area contributed by atoms with Crippen molar-refractivity contribution < 1.29 is 4.57 Å². The molecule has 50 valence electrons. The van der Waals surface area contributed by atoms with E-state index in [1.807, 2.05) is 13.8 Å². The Kier molecular flexibility index (Phi) is 3.08. The van der Waals surface area contributed by atoms with Crippen molar-refractivity contribution in [3.8, 4) is 0 Å². The van der Waals surface area contributed by atoms with Crippen molar-refractivity contribution in [2.24, 2.45) is 5.92 Å². The third-order valence-corrected chi connectivity index (χ3v) is 2.49. The molecule has 0 N–H and O–H groups in total. The van der Waals surface area contributed by atoms with Crippen LogP contribution in [-0.4, -0.2) is 12.8 Å². The zero-order chi connectivity index (χ0) is 6.78. The molecule has 0 spiro atoms. The van der Waals surface area contributed by atoms with Gasteiger partial charge in [-0.05, 0) is 5.92 Å². The molecule has 0 amide bonds. The van der Waals surface area contributed by atoms with E-state index < -0.39 is 6.49 Å². The first-order chi connectivity index (χ1) is 3.42. The molecule has 0 aromatic heterocycles. The normalized spacial score (nSPS) is 18.6. The molecule has 0 aromatic rings. The molecule has 0 aromatic carbocycles. The van der Waals surface area contributed by atoms with E-state index in [-0.39, 0.29) is 0 Å². The fourth-order valence-corrected chi connectivity index (χ4v) is 2.78. The van der Waals surface area contributed by atoms with E-state index in [1.54, 1.807) is 6.66 Å². The van der Waals surface area contributed by atoms with Gasteiger partial charge in [0.25, 0.3) is 0 Å². The van der Waals surface area contributed by atoms with Gasteiger partial charge in [0.15, 0.2) is 6.49 Å². The number of rotatable bonds is 2. The SMILES string of the molecule is CC(C)CP(C)(=O)Cl. The maximum atomic E-state index is 10.8. The number of halogens is 1. The lowest BCUT2D eigenvalue weighted by atomic mass is 10.3. The monoisotopic (exact) mass is 154 g/mol. The lowest BCUT2D eigenvalue weighted by molar-refractivity contribution is 0.579. The zero-order valence-electron chi connectivity index (χ0n) is 5.52. The molecular formula is C5H12ClOP. The molecule has 0 heterocycles. The summed E-state index contributed by atoms with van der Waals surface area (Å²) in [5, 5.41) is 0.